The minimum Gasteiger partial charge on any atom is -0.388 e. The van der Waals surface area contributed by atoms with Crippen molar-refractivity contribution in [3.8, 4) is 0 Å². The van der Waals surface area contributed by atoms with E-state index >= 15 is 0 Å². The molecule has 0 radical (unpaired) electrons. The van der Waals surface area contributed by atoms with Crippen molar-refractivity contribution in [3.05, 3.63) is 35.7 Å². The van der Waals surface area contributed by atoms with Crippen LogP contribution in [0.4, 0.5) is 5.82 Å². The Balaban J connectivity index is 1.62. The fourth-order valence-electron chi connectivity index (χ4n) is 2.48. The number of halogens is 1. The highest BCUT2D eigenvalue weighted by Gasteiger charge is 2.33. The molecular weight excluding hydrogens is 278 g/mol. The molecular formula is C13H16ClN5O. The molecule has 3 rings (SSSR count). The number of anilines is 1. The van der Waals surface area contributed by atoms with E-state index < -0.39 is 5.60 Å². The van der Waals surface area contributed by atoms with Crippen molar-refractivity contribution in [2.75, 3.05) is 18.0 Å². The molecule has 7 heteroatoms. The number of hydrogen-bond donors (Lipinski definition) is 1. The van der Waals surface area contributed by atoms with Gasteiger partial charge in [0.05, 0.1) is 23.4 Å². The van der Waals surface area contributed by atoms with Gasteiger partial charge in [-0.2, -0.15) is 0 Å². The van der Waals surface area contributed by atoms with Crippen molar-refractivity contribution in [1.29, 1.82) is 0 Å². The Hall–Kier alpha value is -1.66. The summed E-state index contributed by atoms with van der Waals surface area (Å²) >= 11 is 5.84. The van der Waals surface area contributed by atoms with Crippen LogP contribution in [-0.4, -0.2) is 43.8 Å². The number of rotatable bonds is 3. The molecule has 2 aromatic rings. The lowest BCUT2D eigenvalue weighted by atomic mass is 9.91. The fraction of sp³-hybridized carbons (Fsp3) is 0.462. The zero-order valence-electron chi connectivity index (χ0n) is 11.0. The number of aromatic nitrogens is 4. The molecule has 0 unspecified atom stereocenters. The van der Waals surface area contributed by atoms with Crippen LogP contribution >= 0.6 is 11.6 Å². The van der Waals surface area contributed by atoms with E-state index in [9.17, 15) is 5.11 Å². The van der Waals surface area contributed by atoms with Crippen LogP contribution < -0.4 is 4.90 Å². The third-order valence-electron chi connectivity index (χ3n) is 3.66. The molecule has 6 nitrogen and oxygen atoms in total. The van der Waals surface area contributed by atoms with E-state index in [0.29, 0.717) is 24.4 Å². The average Bonchev–Trinajstić information content (AvgIpc) is 2.93. The van der Waals surface area contributed by atoms with Crippen molar-refractivity contribution in [2.24, 2.45) is 0 Å². The highest BCUT2D eigenvalue weighted by atomic mass is 35.5. The lowest BCUT2D eigenvalue weighted by molar-refractivity contribution is -0.00355. The minimum absolute atomic E-state index is 0.481. The molecule has 1 aliphatic rings. The number of piperidine rings is 1. The van der Waals surface area contributed by atoms with Crippen molar-refractivity contribution in [3.63, 3.8) is 0 Å². The summed E-state index contributed by atoms with van der Waals surface area (Å²) < 4.78 is 1.68. The van der Waals surface area contributed by atoms with E-state index in [1.165, 1.54) is 0 Å². The first-order valence-electron chi connectivity index (χ1n) is 6.58. The zero-order chi connectivity index (χ0) is 14.0. The number of hydrogen-bond acceptors (Lipinski definition) is 5. The van der Waals surface area contributed by atoms with Crippen LogP contribution in [0.15, 0.2) is 30.7 Å². The van der Waals surface area contributed by atoms with Gasteiger partial charge in [0.15, 0.2) is 0 Å². The van der Waals surface area contributed by atoms with Gasteiger partial charge in [-0.25, -0.2) is 9.67 Å². The molecule has 0 spiro atoms. The third-order valence-corrected chi connectivity index (χ3v) is 3.88. The highest BCUT2D eigenvalue weighted by molar-refractivity contribution is 6.30. The molecule has 1 aliphatic heterocycles. The van der Waals surface area contributed by atoms with Gasteiger partial charge in [0.1, 0.15) is 5.82 Å². The molecule has 1 N–H and O–H groups in total. The van der Waals surface area contributed by atoms with Gasteiger partial charge in [-0.1, -0.05) is 16.8 Å². The maximum Gasteiger partial charge on any atom is 0.128 e. The summed E-state index contributed by atoms with van der Waals surface area (Å²) in [6, 6.07) is 3.74. The second-order valence-corrected chi connectivity index (χ2v) is 5.58. The van der Waals surface area contributed by atoms with E-state index in [2.05, 4.69) is 20.2 Å². The normalized spacial score (nSPS) is 18.2. The molecule has 0 atom stereocenters. The molecule has 0 aromatic carbocycles. The topological polar surface area (TPSA) is 67.1 Å². The summed E-state index contributed by atoms with van der Waals surface area (Å²) in [5, 5.41) is 18.9. The monoisotopic (exact) mass is 293 g/mol. The second-order valence-electron chi connectivity index (χ2n) is 5.15. The Morgan fingerprint density at radius 3 is 2.70 bits per heavy atom. The summed E-state index contributed by atoms with van der Waals surface area (Å²) in [5.41, 5.74) is -0.726. The smallest absolute Gasteiger partial charge is 0.128 e. The fourth-order valence-corrected chi connectivity index (χ4v) is 2.60. The van der Waals surface area contributed by atoms with E-state index in [1.807, 2.05) is 12.1 Å². The standard InChI is InChI=1S/C13H16ClN5O/c14-11-1-2-12(15-9-11)18-6-3-13(20,4-7-18)10-19-8-5-16-17-19/h1-2,5,8-9,20H,3-4,6-7,10H2. The number of pyridine rings is 1. The van der Waals surface area contributed by atoms with E-state index in [1.54, 1.807) is 23.3 Å². The lowest BCUT2D eigenvalue weighted by Gasteiger charge is -2.38. The predicted octanol–water partition coefficient (Wildman–Crippen LogP) is 1.36. The Morgan fingerprint density at radius 2 is 2.10 bits per heavy atom. The van der Waals surface area contributed by atoms with Gasteiger partial charge in [-0.15, -0.1) is 5.10 Å². The molecule has 1 fully saturated rings. The first-order valence-corrected chi connectivity index (χ1v) is 6.95. The Bertz CT molecular complexity index is 549. The summed E-state index contributed by atoms with van der Waals surface area (Å²) in [5.74, 6) is 0.900. The molecule has 0 aliphatic carbocycles. The van der Waals surface area contributed by atoms with Crippen molar-refractivity contribution in [2.45, 2.75) is 25.0 Å². The molecule has 0 saturated carbocycles. The summed E-state index contributed by atoms with van der Waals surface area (Å²) in [4.78, 5) is 6.47. The lowest BCUT2D eigenvalue weighted by Crippen LogP contribution is -2.47. The largest absolute Gasteiger partial charge is 0.388 e. The van der Waals surface area contributed by atoms with E-state index in [0.717, 1.165) is 18.9 Å². The molecule has 2 aromatic heterocycles. The molecule has 0 amide bonds. The summed E-state index contributed by atoms with van der Waals surface area (Å²) in [6.07, 6.45) is 6.39. The van der Waals surface area contributed by atoms with Gasteiger partial charge in [0.25, 0.3) is 0 Å². The third kappa shape index (κ3) is 2.91. The Morgan fingerprint density at radius 1 is 1.30 bits per heavy atom. The van der Waals surface area contributed by atoms with Crippen molar-refractivity contribution >= 4 is 17.4 Å². The highest BCUT2D eigenvalue weighted by Crippen LogP contribution is 2.26. The van der Waals surface area contributed by atoms with Crippen LogP contribution in [0.5, 0.6) is 0 Å². The average molecular weight is 294 g/mol. The molecule has 0 bridgehead atoms. The van der Waals surface area contributed by atoms with Gasteiger partial charge in [0.2, 0.25) is 0 Å². The number of nitrogens with zero attached hydrogens (tertiary/aromatic N) is 5. The van der Waals surface area contributed by atoms with Crippen LogP contribution in [-0.2, 0) is 6.54 Å². The van der Waals surface area contributed by atoms with Gasteiger partial charge in [-0.05, 0) is 25.0 Å². The summed E-state index contributed by atoms with van der Waals surface area (Å²) in [6.45, 7) is 2.01. The SMILES string of the molecule is OC1(Cn2ccnn2)CCN(c2ccc(Cl)cn2)CC1. The second kappa shape index (κ2) is 5.38. The minimum atomic E-state index is -0.726. The van der Waals surface area contributed by atoms with Crippen LogP contribution in [0.3, 0.4) is 0 Å². The molecule has 20 heavy (non-hydrogen) atoms. The molecule has 1 saturated heterocycles. The van der Waals surface area contributed by atoms with Gasteiger partial charge in [0, 0.05) is 25.5 Å². The first kappa shape index (κ1) is 13.3. The maximum atomic E-state index is 10.6. The van der Waals surface area contributed by atoms with Crippen molar-refractivity contribution < 1.29 is 5.11 Å². The Labute approximate surface area is 122 Å². The molecule has 3 heterocycles. The quantitative estimate of drug-likeness (QED) is 0.925. The summed E-state index contributed by atoms with van der Waals surface area (Å²) in [7, 11) is 0. The van der Waals surface area contributed by atoms with Crippen LogP contribution in [0.2, 0.25) is 5.02 Å². The Kier molecular flexibility index (Phi) is 3.58. The van der Waals surface area contributed by atoms with Crippen LogP contribution in [0.1, 0.15) is 12.8 Å². The maximum absolute atomic E-state index is 10.6. The van der Waals surface area contributed by atoms with Gasteiger partial charge < -0.3 is 10.0 Å². The predicted molar refractivity (Wildman–Crippen MR) is 75.7 cm³/mol. The zero-order valence-corrected chi connectivity index (χ0v) is 11.7. The molecule has 106 valence electrons. The van der Waals surface area contributed by atoms with Gasteiger partial charge in [-0.3, -0.25) is 0 Å². The first-order chi connectivity index (χ1) is 9.65. The van der Waals surface area contributed by atoms with E-state index in [-0.39, 0.29) is 0 Å². The van der Waals surface area contributed by atoms with Gasteiger partial charge >= 0.3 is 0 Å². The van der Waals surface area contributed by atoms with Crippen LogP contribution in [0, 0.1) is 0 Å². The number of aliphatic hydroxyl groups is 1. The van der Waals surface area contributed by atoms with Crippen LogP contribution in [0.25, 0.3) is 0 Å². The van der Waals surface area contributed by atoms with Crippen molar-refractivity contribution in [1.82, 2.24) is 20.0 Å². The van der Waals surface area contributed by atoms with E-state index in [4.69, 9.17) is 11.6 Å².